The van der Waals surface area contributed by atoms with E-state index < -0.39 is 40.1 Å². The number of H-pyrrole nitrogens is 1. The molecule has 1 saturated heterocycles. The quantitative estimate of drug-likeness (QED) is 0.247. The van der Waals surface area contributed by atoms with Gasteiger partial charge in [-0.3, -0.25) is 9.59 Å². The maximum atomic E-state index is 13.0. The molecule has 1 fully saturated rings. The maximum Gasteiger partial charge on any atom is 0.323 e. The molecule has 1 amide bonds. The monoisotopic (exact) mass is 533 g/mol. The number of carboxylic acids is 1. The Bertz CT molecular complexity index is 1290. The van der Waals surface area contributed by atoms with Gasteiger partial charge < -0.3 is 30.9 Å². The van der Waals surface area contributed by atoms with E-state index in [0.717, 1.165) is 5.56 Å². The molecule has 1 aromatic heterocycles. The topological polar surface area (TPSA) is 187 Å². The number of rotatable bonds is 10. The van der Waals surface area contributed by atoms with Crippen LogP contribution < -0.4 is 20.7 Å². The Kier molecular flexibility index (Phi) is 7.52. The number of nitrogens with zero attached hydrogens (tertiary/aromatic N) is 2. The molecule has 0 bridgehead atoms. The molecule has 3 heterocycles. The fourth-order valence-corrected chi connectivity index (χ4v) is 6.45. The molecule has 37 heavy (non-hydrogen) atoms. The van der Waals surface area contributed by atoms with Crippen LogP contribution in [0.15, 0.2) is 34.6 Å². The van der Waals surface area contributed by atoms with Gasteiger partial charge in [-0.05, 0) is 31.9 Å². The van der Waals surface area contributed by atoms with E-state index in [9.17, 15) is 23.1 Å². The van der Waals surface area contributed by atoms with E-state index in [1.807, 2.05) is 6.92 Å². The lowest BCUT2D eigenvalue weighted by Gasteiger charge is -2.19. The van der Waals surface area contributed by atoms with Crippen LogP contribution in [-0.4, -0.2) is 78.4 Å². The molecule has 13 nitrogen and oxygen atoms in total. The number of benzene rings is 1. The molecule has 4 rings (SSSR count). The number of amides is 1. The number of aromatic nitrogens is 2. The maximum absolute atomic E-state index is 13.0. The minimum Gasteiger partial charge on any atom is -0.480 e. The zero-order chi connectivity index (χ0) is 26.8. The minimum absolute atomic E-state index is 0.0241. The Hall–Kier alpha value is -3.49. The molecule has 200 valence electrons. The highest BCUT2D eigenvalue weighted by molar-refractivity contribution is 7.89. The number of aromatic amines is 1. The summed E-state index contributed by atoms with van der Waals surface area (Å²) in [4.78, 5) is 37.2. The summed E-state index contributed by atoms with van der Waals surface area (Å²) in [7, 11) is -4.15. The number of anilines is 1. The summed E-state index contributed by atoms with van der Waals surface area (Å²) >= 11 is 0. The molecule has 0 saturated carbocycles. The lowest BCUT2D eigenvalue weighted by Crippen LogP contribution is -2.49. The molecule has 2 aliphatic rings. The van der Waals surface area contributed by atoms with Gasteiger partial charge in [-0.15, -0.1) is 0 Å². The first-order valence-electron chi connectivity index (χ1n) is 11.8. The average Bonchev–Trinajstić information content (AvgIpc) is 3.56. The normalized spacial score (nSPS) is 21.9. The number of nitrogens with one attached hydrogen (secondary N) is 5. The van der Waals surface area contributed by atoms with Crippen LogP contribution in [-0.2, 0) is 24.4 Å². The summed E-state index contributed by atoms with van der Waals surface area (Å²) in [6, 6.07) is 1.92. The average molecular weight is 534 g/mol. The number of oxime groups is 1. The van der Waals surface area contributed by atoms with Crippen molar-refractivity contribution >= 4 is 33.6 Å². The summed E-state index contributed by atoms with van der Waals surface area (Å²) < 4.78 is 28.2. The predicted octanol–water partition coefficient (Wildman–Crippen LogP) is 0.172. The van der Waals surface area contributed by atoms with Crippen molar-refractivity contribution < 1.29 is 28.0 Å². The second kappa shape index (κ2) is 10.5. The van der Waals surface area contributed by atoms with Gasteiger partial charge in [-0.25, -0.2) is 13.4 Å². The fourth-order valence-electron chi connectivity index (χ4n) is 4.81. The van der Waals surface area contributed by atoms with Gasteiger partial charge in [0, 0.05) is 50.9 Å². The van der Waals surface area contributed by atoms with Crippen molar-refractivity contribution in [2.75, 3.05) is 25.0 Å². The van der Waals surface area contributed by atoms with Gasteiger partial charge in [-0.1, -0.05) is 22.9 Å². The van der Waals surface area contributed by atoms with Crippen molar-refractivity contribution in [1.82, 2.24) is 25.3 Å². The second-order valence-electron chi connectivity index (χ2n) is 9.54. The Morgan fingerprint density at radius 2 is 2.00 bits per heavy atom. The number of imidazole rings is 1. The molecule has 1 aromatic carbocycles. The van der Waals surface area contributed by atoms with Crippen molar-refractivity contribution in [2.45, 2.75) is 56.2 Å². The summed E-state index contributed by atoms with van der Waals surface area (Å²) in [5, 5.41) is 22.5. The van der Waals surface area contributed by atoms with Crippen LogP contribution in [0.1, 0.15) is 29.5 Å². The molecule has 0 aliphatic carbocycles. The van der Waals surface area contributed by atoms with Gasteiger partial charge in [0.05, 0.1) is 4.90 Å². The number of carboxylic acid groups (broad SMARTS) is 1. The first-order valence-corrected chi connectivity index (χ1v) is 13.3. The summed E-state index contributed by atoms with van der Waals surface area (Å²) in [6.07, 6.45) is 4.21. The Labute approximate surface area is 214 Å². The Morgan fingerprint density at radius 3 is 2.65 bits per heavy atom. The van der Waals surface area contributed by atoms with E-state index in [-0.39, 0.29) is 23.1 Å². The Morgan fingerprint density at radius 1 is 1.27 bits per heavy atom. The van der Waals surface area contributed by atoms with Crippen molar-refractivity contribution in [3.63, 3.8) is 0 Å². The lowest BCUT2D eigenvalue weighted by atomic mass is 9.94. The molecule has 2 aliphatic heterocycles. The van der Waals surface area contributed by atoms with Crippen LogP contribution in [0, 0.1) is 20.8 Å². The first kappa shape index (κ1) is 26.6. The van der Waals surface area contributed by atoms with E-state index in [2.05, 4.69) is 35.8 Å². The lowest BCUT2D eigenvalue weighted by molar-refractivity contribution is -0.138. The van der Waals surface area contributed by atoms with Gasteiger partial charge in [0.25, 0.3) is 5.91 Å². The number of hydrogen-bond acceptors (Lipinski definition) is 9. The molecule has 6 N–H and O–H groups in total. The van der Waals surface area contributed by atoms with Crippen LogP contribution in [0.25, 0.3) is 0 Å². The smallest absolute Gasteiger partial charge is 0.323 e. The molecule has 14 heteroatoms. The molecular formula is C23H31N7O6S. The van der Waals surface area contributed by atoms with E-state index >= 15 is 0 Å². The first-order chi connectivity index (χ1) is 17.5. The van der Waals surface area contributed by atoms with Crippen molar-refractivity contribution in [1.29, 1.82) is 0 Å². The van der Waals surface area contributed by atoms with E-state index in [4.69, 9.17) is 4.84 Å². The zero-order valence-corrected chi connectivity index (χ0v) is 21.6. The molecule has 3 unspecified atom stereocenters. The van der Waals surface area contributed by atoms with Crippen molar-refractivity contribution in [2.24, 2.45) is 5.16 Å². The Balaban J connectivity index is 1.32. The molecular weight excluding hydrogens is 502 g/mol. The summed E-state index contributed by atoms with van der Waals surface area (Å²) in [6.45, 7) is 5.77. The van der Waals surface area contributed by atoms with Crippen LogP contribution in [0.3, 0.4) is 0 Å². The van der Waals surface area contributed by atoms with Gasteiger partial charge in [0.15, 0.2) is 11.5 Å². The number of carbonyl (C=O) groups is 2. The summed E-state index contributed by atoms with van der Waals surface area (Å²) in [5.41, 5.74) is 1.35. The standard InChI is InChI=1S/C23H31N7O6S/c1-13-6-14(2)19(15(3)7-13)37(34,35)30-18(21(32)33)11-26-20(31)17-9-23(36-29-17)8-16(28-12-23)10-27-22-24-4-5-25-22/h4-7,16,18,28,30H,8-12H2,1-3H3,(H,26,31)(H,32,33)(H2,24,25,27). The highest BCUT2D eigenvalue weighted by Crippen LogP contribution is 2.32. The highest BCUT2D eigenvalue weighted by atomic mass is 32.2. The third-order valence-corrected chi connectivity index (χ3v) is 8.16. The molecule has 0 radical (unpaired) electrons. The fraction of sp³-hybridized carbons (Fsp3) is 0.478. The van der Waals surface area contributed by atoms with E-state index in [1.165, 1.54) is 0 Å². The number of carbonyl (C=O) groups excluding carboxylic acids is 1. The van der Waals surface area contributed by atoms with Crippen LogP contribution in [0.5, 0.6) is 0 Å². The van der Waals surface area contributed by atoms with Crippen LogP contribution in [0.4, 0.5) is 5.95 Å². The predicted molar refractivity (Wildman–Crippen MR) is 135 cm³/mol. The third-order valence-electron chi connectivity index (χ3n) is 6.38. The molecule has 2 aromatic rings. The number of aryl methyl sites for hydroxylation is 3. The summed E-state index contributed by atoms with van der Waals surface area (Å²) in [5.74, 6) is -1.37. The van der Waals surface area contributed by atoms with Gasteiger partial charge >= 0.3 is 5.97 Å². The minimum atomic E-state index is -4.15. The van der Waals surface area contributed by atoms with E-state index in [1.54, 1.807) is 38.4 Å². The number of aliphatic carboxylic acids is 1. The van der Waals surface area contributed by atoms with Crippen LogP contribution in [0.2, 0.25) is 0 Å². The highest BCUT2D eigenvalue weighted by Gasteiger charge is 2.47. The third kappa shape index (κ3) is 6.09. The number of sulfonamides is 1. The van der Waals surface area contributed by atoms with Crippen molar-refractivity contribution in [3.05, 3.63) is 41.2 Å². The molecule has 1 spiro atoms. The second-order valence-corrected chi connectivity index (χ2v) is 11.2. The zero-order valence-electron chi connectivity index (χ0n) is 20.8. The molecule has 3 atom stereocenters. The SMILES string of the molecule is Cc1cc(C)c(S(=O)(=O)NC(CNC(=O)C2=NOC3(CNC(CNc4ncc[nH]4)C3)C2)C(=O)O)c(C)c1. The van der Waals surface area contributed by atoms with Crippen LogP contribution >= 0.6 is 0 Å². The van der Waals surface area contributed by atoms with Gasteiger partial charge in [0.2, 0.25) is 10.0 Å². The number of hydrogen-bond donors (Lipinski definition) is 6. The van der Waals surface area contributed by atoms with E-state index in [0.29, 0.717) is 36.6 Å². The van der Waals surface area contributed by atoms with Crippen molar-refractivity contribution in [3.8, 4) is 0 Å². The van der Waals surface area contributed by atoms with Gasteiger partial charge in [0.1, 0.15) is 11.8 Å². The van der Waals surface area contributed by atoms with Gasteiger partial charge in [-0.2, -0.15) is 4.72 Å². The largest absolute Gasteiger partial charge is 0.480 e.